The molecule has 0 unspecified atom stereocenters. The minimum Gasteiger partial charge on any atom is -0.508 e. The highest BCUT2D eigenvalue weighted by molar-refractivity contribution is 7.92. The highest BCUT2D eigenvalue weighted by Crippen LogP contribution is 2.29. The van der Waals surface area contributed by atoms with Crippen LogP contribution in [0.25, 0.3) is 0 Å². The highest BCUT2D eigenvalue weighted by Gasteiger charge is 2.24. The van der Waals surface area contributed by atoms with E-state index >= 15 is 0 Å². The molecule has 0 aromatic heterocycles. The normalized spacial score (nSPS) is 11.3. The number of nitrogens with two attached hydrogens (primary N) is 1. The molecule has 2 rings (SSSR count). The second-order valence-electron chi connectivity index (χ2n) is 4.41. The predicted molar refractivity (Wildman–Crippen MR) is 80.8 cm³/mol. The standard InChI is InChI=1S/C14H16N2O4S/c1-2-16(10-4-3-5-11(17)8-10)21(19,20)12-6-7-14(18)13(15)9-12/h3-9,17-18H,2,15H2,1H3. The topological polar surface area (TPSA) is 104 Å². The molecule has 0 spiro atoms. The molecule has 0 amide bonds. The molecule has 0 saturated carbocycles. The Morgan fingerprint density at radius 1 is 1.14 bits per heavy atom. The zero-order chi connectivity index (χ0) is 15.6. The number of sulfonamides is 1. The molecule has 0 aliphatic carbocycles. The lowest BCUT2D eigenvalue weighted by atomic mass is 10.3. The average Bonchev–Trinajstić information content (AvgIpc) is 2.42. The fourth-order valence-electron chi connectivity index (χ4n) is 1.96. The lowest BCUT2D eigenvalue weighted by Gasteiger charge is -2.23. The van der Waals surface area contributed by atoms with Crippen molar-refractivity contribution in [3.8, 4) is 11.5 Å². The van der Waals surface area contributed by atoms with E-state index in [1.165, 1.54) is 30.3 Å². The molecule has 21 heavy (non-hydrogen) atoms. The van der Waals surface area contributed by atoms with Crippen LogP contribution >= 0.6 is 0 Å². The third-order valence-corrected chi connectivity index (χ3v) is 4.89. The number of aromatic hydroxyl groups is 2. The third kappa shape index (κ3) is 2.87. The van der Waals surface area contributed by atoms with Crippen LogP contribution in [-0.2, 0) is 10.0 Å². The van der Waals surface area contributed by atoms with Gasteiger partial charge in [0, 0.05) is 12.6 Å². The minimum atomic E-state index is -3.83. The van der Waals surface area contributed by atoms with Crippen molar-refractivity contribution in [2.75, 3.05) is 16.6 Å². The maximum Gasteiger partial charge on any atom is 0.264 e. The first-order valence-corrected chi connectivity index (χ1v) is 7.70. The number of benzene rings is 2. The number of phenols is 2. The molecule has 0 aliphatic rings. The van der Waals surface area contributed by atoms with Crippen molar-refractivity contribution in [3.63, 3.8) is 0 Å². The molecule has 0 saturated heterocycles. The molecule has 2 aromatic rings. The summed E-state index contributed by atoms with van der Waals surface area (Å²) >= 11 is 0. The Morgan fingerprint density at radius 3 is 2.43 bits per heavy atom. The molecule has 0 heterocycles. The zero-order valence-corrected chi connectivity index (χ0v) is 12.2. The Balaban J connectivity index is 2.51. The van der Waals surface area contributed by atoms with Crippen LogP contribution in [0.5, 0.6) is 11.5 Å². The van der Waals surface area contributed by atoms with Gasteiger partial charge in [0.2, 0.25) is 0 Å². The maximum atomic E-state index is 12.6. The van der Waals surface area contributed by atoms with E-state index in [4.69, 9.17) is 5.73 Å². The minimum absolute atomic E-state index is 0.0111. The number of nitrogens with zero attached hydrogens (tertiary/aromatic N) is 1. The summed E-state index contributed by atoms with van der Waals surface area (Å²) in [5.41, 5.74) is 5.89. The van der Waals surface area contributed by atoms with Gasteiger partial charge in [0.1, 0.15) is 11.5 Å². The van der Waals surface area contributed by atoms with Gasteiger partial charge in [-0.05, 0) is 37.3 Å². The Labute approximate surface area is 123 Å². The van der Waals surface area contributed by atoms with E-state index < -0.39 is 10.0 Å². The number of nitrogen functional groups attached to an aromatic ring is 1. The Hall–Kier alpha value is -2.41. The van der Waals surface area contributed by atoms with E-state index in [9.17, 15) is 18.6 Å². The first-order chi connectivity index (χ1) is 9.86. The molecule has 0 radical (unpaired) electrons. The van der Waals surface area contributed by atoms with Gasteiger partial charge in [-0.15, -0.1) is 0 Å². The number of rotatable bonds is 4. The summed E-state index contributed by atoms with van der Waals surface area (Å²) in [5.74, 6) is -0.194. The van der Waals surface area contributed by atoms with Crippen LogP contribution in [0.3, 0.4) is 0 Å². The van der Waals surface area contributed by atoms with Crippen molar-refractivity contribution >= 4 is 21.4 Å². The molecule has 6 nitrogen and oxygen atoms in total. The van der Waals surface area contributed by atoms with Crippen LogP contribution in [0, 0.1) is 0 Å². The Morgan fingerprint density at radius 2 is 1.86 bits per heavy atom. The fourth-order valence-corrected chi connectivity index (χ4v) is 3.46. The van der Waals surface area contributed by atoms with E-state index in [2.05, 4.69) is 0 Å². The van der Waals surface area contributed by atoms with E-state index in [0.717, 1.165) is 4.31 Å². The van der Waals surface area contributed by atoms with Crippen molar-refractivity contribution in [2.24, 2.45) is 0 Å². The van der Waals surface area contributed by atoms with E-state index in [1.54, 1.807) is 19.1 Å². The van der Waals surface area contributed by atoms with Crippen molar-refractivity contribution in [3.05, 3.63) is 42.5 Å². The van der Waals surface area contributed by atoms with Gasteiger partial charge >= 0.3 is 0 Å². The van der Waals surface area contributed by atoms with E-state index in [0.29, 0.717) is 5.69 Å². The van der Waals surface area contributed by atoms with Crippen LogP contribution in [0.4, 0.5) is 11.4 Å². The van der Waals surface area contributed by atoms with Crippen LogP contribution in [-0.4, -0.2) is 25.2 Å². The van der Waals surface area contributed by atoms with Gasteiger partial charge in [-0.1, -0.05) is 6.07 Å². The summed E-state index contributed by atoms with van der Waals surface area (Å²) in [6.07, 6.45) is 0. The summed E-state index contributed by atoms with van der Waals surface area (Å²) in [6.45, 7) is 1.87. The molecule has 2 aromatic carbocycles. The molecule has 0 aliphatic heterocycles. The number of phenolic OH excluding ortho intramolecular Hbond substituents is 2. The average molecular weight is 308 g/mol. The van der Waals surface area contributed by atoms with Gasteiger partial charge < -0.3 is 15.9 Å². The highest BCUT2D eigenvalue weighted by atomic mass is 32.2. The van der Waals surface area contributed by atoms with E-state index in [-0.39, 0.29) is 28.6 Å². The van der Waals surface area contributed by atoms with E-state index in [1.807, 2.05) is 0 Å². The van der Waals surface area contributed by atoms with Crippen molar-refractivity contribution in [1.29, 1.82) is 0 Å². The lowest BCUT2D eigenvalue weighted by molar-refractivity contribution is 0.475. The molecule has 4 N–H and O–H groups in total. The first kappa shape index (κ1) is 15.0. The van der Waals surface area contributed by atoms with Crippen LogP contribution in [0.1, 0.15) is 6.92 Å². The van der Waals surface area contributed by atoms with Gasteiger partial charge in [-0.3, -0.25) is 4.31 Å². The van der Waals surface area contributed by atoms with Gasteiger partial charge in [0.05, 0.1) is 16.3 Å². The summed E-state index contributed by atoms with van der Waals surface area (Å²) in [6, 6.07) is 9.70. The maximum absolute atomic E-state index is 12.6. The van der Waals surface area contributed by atoms with Crippen molar-refractivity contribution in [2.45, 2.75) is 11.8 Å². The zero-order valence-electron chi connectivity index (χ0n) is 11.4. The fraction of sp³-hybridized carbons (Fsp3) is 0.143. The Kier molecular flexibility index (Phi) is 3.95. The van der Waals surface area contributed by atoms with Crippen LogP contribution in [0.2, 0.25) is 0 Å². The Bertz CT molecular complexity index is 759. The molecule has 7 heteroatoms. The monoisotopic (exact) mass is 308 g/mol. The largest absolute Gasteiger partial charge is 0.508 e. The predicted octanol–water partition coefficient (Wildman–Crippen LogP) is 1.90. The molecular weight excluding hydrogens is 292 g/mol. The smallest absolute Gasteiger partial charge is 0.264 e. The molecule has 0 atom stereocenters. The van der Waals surface area contributed by atoms with Crippen LogP contribution in [0.15, 0.2) is 47.4 Å². The van der Waals surface area contributed by atoms with Gasteiger partial charge in [0.15, 0.2) is 0 Å². The summed E-state index contributed by atoms with van der Waals surface area (Å²) in [7, 11) is -3.83. The van der Waals surface area contributed by atoms with Crippen molar-refractivity contribution in [1.82, 2.24) is 0 Å². The SMILES string of the molecule is CCN(c1cccc(O)c1)S(=O)(=O)c1ccc(O)c(N)c1. The molecule has 112 valence electrons. The first-order valence-electron chi connectivity index (χ1n) is 6.26. The molecule has 0 bridgehead atoms. The lowest BCUT2D eigenvalue weighted by Crippen LogP contribution is -2.30. The molecule has 0 fully saturated rings. The van der Waals surface area contributed by atoms with Crippen LogP contribution < -0.4 is 10.0 Å². The van der Waals surface area contributed by atoms with Gasteiger partial charge in [0.25, 0.3) is 10.0 Å². The second-order valence-corrected chi connectivity index (χ2v) is 6.27. The van der Waals surface area contributed by atoms with Crippen molar-refractivity contribution < 1.29 is 18.6 Å². The summed E-state index contributed by atoms with van der Waals surface area (Å²) in [5, 5.41) is 18.9. The van der Waals surface area contributed by atoms with Gasteiger partial charge in [-0.25, -0.2) is 8.42 Å². The summed E-state index contributed by atoms with van der Waals surface area (Å²) < 4.78 is 26.4. The number of hydrogen-bond acceptors (Lipinski definition) is 5. The number of hydrogen-bond donors (Lipinski definition) is 3. The third-order valence-electron chi connectivity index (χ3n) is 2.99. The summed E-state index contributed by atoms with van der Waals surface area (Å²) in [4.78, 5) is -0.0250. The second kappa shape index (κ2) is 5.53. The van der Waals surface area contributed by atoms with Gasteiger partial charge in [-0.2, -0.15) is 0 Å². The number of anilines is 2. The molecular formula is C14H16N2O4S. The quantitative estimate of drug-likeness (QED) is 0.591.